The van der Waals surface area contributed by atoms with Crippen LogP contribution in [0.15, 0.2) is 10.4 Å². The van der Waals surface area contributed by atoms with Crippen molar-refractivity contribution >= 4 is 22.4 Å². The minimum Gasteiger partial charge on any atom is -0.383 e. The molecule has 7 heteroatoms. The molecule has 2 heterocycles. The second-order valence-corrected chi connectivity index (χ2v) is 6.08. The van der Waals surface area contributed by atoms with E-state index in [0.717, 1.165) is 44.3 Å². The molecule has 0 aliphatic carbocycles. The van der Waals surface area contributed by atoms with E-state index < -0.39 is 0 Å². The minimum absolute atomic E-state index is 0.641. The Morgan fingerprint density at radius 2 is 2.23 bits per heavy atom. The summed E-state index contributed by atoms with van der Waals surface area (Å²) in [4.78, 5) is 11.6. The highest BCUT2D eigenvalue weighted by Crippen LogP contribution is 2.24. The summed E-state index contributed by atoms with van der Waals surface area (Å²) < 4.78 is 5.02. The zero-order chi connectivity index (χ0) is 15.6. The van der Waals surface area contributed by atoms with Crippen LogP contribution in [0.25, 0.3) is 0 Å². The van der Waals surface area contributed by atoms with E-state index in [1.54, 1.807) is 18.4 Å². The van der Waals surface area contributed by atoms with Gasteiger partial charge >= 0.3 is 0 Å². The third-order valence-corrected chi connectivity index (χ3v) is 4.45. The minimum atomic E-state index is 0.641. The molecule has 0 radical (unpaired) electrons. The molecular formula is C15H27N5OS. The number of rotatable bonds is 8. The van der Waals surface area contributed by atoms with Gasteiger partial charge in [-0.2, -0.15) is 0 Å². The van der Waals surface area contributed by atoms with Gasteiger partial charge in [-0.1, -0.05) is 0 Å². The first-order valence-electron chi connectivity index (χ1n) is 8.04. The first kappa shape index (κ1) is 17.0. The Kier molecular flexibility index (Phi) is 7.45. The maximum Gasteiger partial charge on any atom is 0.191 e. The number of nitrogens with zero attached hydrogens (tertiary/aromatic N) is 3. The monoisotopic (exact) mass is 325 g/mol. The van der Waals surface area contributed by atoms with Crippen molar-refractivity contribution in [3.8, 4) is 0 Å². The molecule has 124 valence electrons. The molecule has 1 aliphatic heterocycles. The number of hydrogen-bond donors (Lipinski definition) is 2. The van der Waals surface area contributed by atoms with E-state index in [0.29, 0.717) is 13.2 Å². The number of aliphatic imine (C=N–C) groups is 1. The third-order valence-electron chi connectivity index (χ3n) is 3.50. The summed E-state index contributed by atoms with van der Waals surface area (Å²) in [5.41, 5.74) is 1.16. The fraction of sp³-hybridized carbons (Fsp3) is 0.733. The predicted octanol–water partition coefficient (Wildman–Crippen LogP) is 1.49. The highest BCUT2D eigenvalue weighted by Gasteiger charge is 2.15. The average Bonchev–Trinajstić information content (AvgIpc) is 3.18. The lowest BCUT2D eigenvalue weighted by atomic mass is 10.3. The lowest BCUT2D eigenvalue weighted by molar-refractivity contribution is 0.208. The van der Waals surface area contributed by atoms with E-state index in [-0.39, 0.29) is 0 Å². The highest BCUT2D eigenvalue weighted by molar-refractivity contribution is 7.13. The topological polar surface area (TPSA) is 61.8 Å². The van der Waals surface area contributed by atoms with Crippen molar-refractivity contribution in [1.29, 1.82) is 0 Å². The molecule has 22 heavy (non-hydrogen) atoms. The molecule has 1 aromatic rings. The van der Waals surface area contributed by atoms with Gasteiger partial charge < -0.3 is 20.3 Å². The van der Waals surface area contributed by atoms with E-state index in [1.165, 1.54) is 18.0 Å². The normalized spacial score (nSPS) is 15.4. The third kappa shape index (κ3) is 5.46. The van der Waals surface area contributed by atoms with Crippen LogP contribution in [0.1, 0.15) is 25.5 Å². The van der Waals surface area contributed by atoms with E-state index >= 15 is 0 Å². The predicted molar refractivity (Wildman–Crippen MR) is 93.1 cm³/mol. The molecule has 0 saturated carbocycles. The summed E-state index contributed by atoms with van der Waals surface area (Å²) in [7, 11) is 1.69. The number of nitrogens with one attached hydrogen (secondary N) is 2. The van der Waals surface area contributed by atoms with Crippen molar-refractivity contribution in [3.05, 3.63) is 11.1 Å². The molecule has 2 N–H and O–H groups in total. The van der Waals surface area contributed by atoms with Gasteiger partial charge in [0.25, 0.3) is 0 Å². The molecule has 1 aliphatic rings. The van der Waals surface area contributed by atoms with E-state index in [2.05, 4.69) is 32.8 Å². The highest BCUT2D eigenvalue weighted by atomic mass is 32.1. The first-order valence-corrected chi connectivity index (χ1v) is 8.92. The van der Waals surface area contributed by atoms with Gasteiger partial charge in [0, 0.05) is 45.1 Å². The standard InChI is InChI=1S/C15H27N5OS/c1-3-16-14(18-8-11-21-2)17-7-6-13-12-22-15(19-13)20-9-4-5-10-20/h12H,3-11H2,1-2H3,(H2,16,17,18). The fourth-order valence-electron chi connectivity index (χ4n) is 2.36. The van der Waals surface area contributed by atoms with Crippen LogP contribution in [0.2, 0.25) is 0 Å². The van der Waals surface area contributed by atoms with Gasteiger partial charge in [0.05, 0.1) is 18.8 Å². The van der Waals surface area contributed by atoms with Crippen LogP contribution in [0.5, 0.6) is 0 Å². The maximum absolute atomic E-state index is 5.02. The zero-order valence-electron chi connectivity index (χ0n) is 13.6. The quantitative estimate of drug-likeness (QED) is 0.431. The summed E-state index contributed by atoms with van der Waals surface area (Å²) in [6.45, 7) is 7.38. The van der Waals surface area contributed by atoms with Crippen molar-refractivity contribution in [3.63, 3.8) is 0 Å². The molecule has 0 atom stereocenters. The number of anilines is 1. The molecule has 0 aromatic carbocycles. The summed E-state index contributed by atoms with van der Waals surface area (Å²) in [6, 6.07) is 0. The summed E-state index contributed by atoms with van der Waals surface area (Å²) in [5, 5.41) is 9.92. The van der Waals surface area contributed by atoms with Crippen molar-refractivity contribution in [2.24, 2.45) is 4.99 Å². The molecule has 0 bridgehead atoms. The number of methoxy groups -OCH3 is 1. The van der Waals surface area contributed by atoms with Crippen LogP contribution < -0.4 is 15.5 Å². The molecule has 0 spiro atoms. The molecule has 2 rings (SSSR count). The molecule has 1 fully saturated rings. The SMILES string of the molecule is CCNC(=NCCOC)NCCc1csc(N2CCCC2)n1. The lowest BCUT2D eigenvalue weighted by Gasteiger charge is -2.12. The van der Waals surface area contributed by atoms with Crippen LogP contribution in [-0.2, 0) is 11.2 Å². The van der Waals surface area contributed by atoms with Gasteiger partial charge in [-0.3, -0.25) is 4.99 Å². The largest absolute Gasteiger partial charge is 0.383 e. The summed E-state index contributed by atoms with van der Waals surface area (Å²) in [6.07, 6.45) is 3.50. The van der Waals surface area contributed by atoms with E-state index in [1.807, 2.05) is 0 Å². The zero-order valence-corrected chi connectivity index (χ0v) is 14.4. The van der Waals surface area contributed by atoms with Gasteiger partial charge in [-0.25, -0.2) is 4.98 Å². The Bertz CT molecular complexity index is 457. The second kappa shape index (κ2) is 9.63. The Morgan fingerprint density at radius 3 is 2.95 bits per heavy atom. The first-order chi connectivity index (χ1) is 10.8. The molecule has 6 nitrogen and oxygen atoms in total. The van der Waals surface area contributed by atoms with Gasteiger partial charge in [0.15, 0.2) is 11.1 Å². The lowest BCUT2D eigenvalue weighted by Crippen LogP contribution is -2.38. The van der Waals surface area contributed by atoms with Gasteiger partial charge in [-0.15, -0.1) is 11.3 Å². The number of ether oxygens (including phenoxy) is 1. The van der Waals surface area contributed by atoms with Gasteiger partial charge in [0.2, 0.25) is 0 Å². The van der Waals surface area contributed by atoms with Crippen LogP contribution in [0, 0.1) is 0 Å². The summed E-state index contributed by atoms with van der Waals surface area (Å²) >= 11 is 1.76. The van der Waals surface area contributed by atoms with Crippen LogP contribution >= 0.6 is 11.3 Å². The van der Waals surface area contributed by atoms with Crippen molar-refractivity contribution in [2.75, 3.05) is 51.3 Å². The fourth-order valence-corrected chi connectivity index (χ4v) is 3.28. The molecule has 1 saturated heterocycles. The second-order valence-electron chi connectivity index (χ2n) is 5.25. The smallest absolute Gasteiger partial charge is 0.191 e. The van der Waals surface area contributed by atoms with Crippen molar-refractivity contribution in [1.82, 2.24) is 15.6 Å². The van der Waals surface area contributed by atoms with Gasteiger partial charge in [0.1, 0.15) is 0 Å². The van der Waals surface area contributed by atoms with Crippen molar-refractivity contribution in [2.45, 2.75) is 26.2 Å². The molecular weight excluding hydrogens is 298 g/mol. The van der Waals surface area contributed by atoms with Crippen LogP contribution in [-0.4, -0.2) is 57.4 Å². The maximum atomic E-state index is 5.02. The molecule has 0 amide bonds. The number of hydrogen-bond acceptors (Lipinski definition) is 5. The summed E-state index contributed by atoms with van der Waals surface area (Å²) in [5.74, 6) is 0.842. The van der Waals surface area contributed by atoms with Crippen LogP contribution in [0.3, 0.4) is 0 Å². The van der Waals surface area contributed by atoms with Crippen molar-refractivity contribution < 1.29 is 4.74 Å². The van der Waals surface area contributed by atoms with Gasteiger partial charge in [-0.05, 0) is 19.8 Å². The number of guanidine groups is 1. The Balaban J connectivity index is 1.75. The number of thiazole rings is 1. The Labute approximate surface area is 137 Å². The number of aromatic nitrogens is 1. The molecule has 1 aromatic heterocycles. The van der Waals surface area contributed by atoms with E-state index in [4.69, 9.17) is 9.72 Å². The van der Waals surface area contributed by atoms with Crippen LogP contribution in [0.4, 0.5) is 5.13 Å². The Hall–Kier alpha value is -1.34. The van der Waals surface area contributed by atoms with E-state index in [9.17, 15) is 0 Å². The Morgan fingerprint density at radius 1 is 1.41 bits per heavy atom. The molecule has 0 unspecified atom stereocenters. The average molecular weight is 325 g/mol.